The summed E-state index contributed by atoms with van der Waals surface area (Å²) in [5.41, 5.74) is 13.2. The highest BCUT2D eigenvalue weighted by molar-refractivity contribution is 7.83. The molecule has 0 saturated carbocycles. The molecule has 5 heterocycles. The third-order valence-electron chi connectivity index (χ3n) is 8.07. The molecule has 0 aromatic carbocycles. The molecule has 0 aromatic heterocycles. The Morgan fingerprint density at radius 3 is 0.711 bits per heavy atom. The van der Waals surface area contributed by atoms with Gasteiger partial charge in [0.1, 0.15) is 0 Å². The number of halogens is 4. The van der Waals surface area contributed by atoms with E-state index in [-0.39, 0.29) is 43.6 Å². The molecule has 0 unspecified atom stereocenters. The lowest BCUT2D eigenvalue weighted by Gasteiger charge is -2.61. The standard InChI is InChI=1S/C24H40N4P4.2CH2Cl2/c1-17-9-25-29(13-21(17)5)26-10-18(2)23(7)15-31(26)28-12-20(4)24(8)16-32(28)27-11-19(3)22(6)14-30(25)27;2*2-1-3/h9-16H2,1-8H3;2*1H2. The van der Waals surface area contributed by atoms with Crippen molar-refractivity contribution in [2.75, 3.05) is 61.5 Å². The molecule has 0 atom stereocenters. The molecular formula is C26H44Cl4N4P4. The second-order valence-corrected chi connectivity index (χ2v) is 21.7. The van der Waals surface area contributed by atoms with Gasteiger partial charge in [0.25, 0.3) is 0 Å². The van der Waals surface area contributed by atoms with Crippen LogP contribution in [0, 0.1) is 0 Å². The van der Waals surface area contributed by atoms with Crippen LogP contribution in [-0.2, 0) is 0 Å². The lowest BCUT2D eigenvalue weighted by atomic mass is 10.2. The van der Waals surface area contributed by atoms with E-state index in [9.17, 15) is 0 Å². The molecule has 216 valence electrons. The van der Waals surface area contributed by atoms with Gasteiger partial charge in [0.05, 0.1) is 43.6 Å². The smallest absolute Gasteiger partial charge is 0.0967 e. The maximum atomic E-state index is 4.76. The van der Waals surface area contributed by atoms with Gasteiger partial charge in [0.15, 0.2) is 0 Å². The van der Waals surface area contributed by atoms with E-state index in [1.54, 1.807) is 44.6 Å². The zero-order chi connectivity index (χ0) is 28.3. The molecule has 5 aliphatic heterocycles. The minimum atomic E-state index is -0.273. The van der Waals surface area contributed by atoms with Gasteiger partial charge in [0, 0.05) is 50.8 Å². The first kappa shape index (κ1) is 34.2. The maximum Gasteiger partial charge on any atom is 0.0967 e. The molecule has 0 amide bonds. The van der Waals surface area contributed by atoms with Crippen molar-refractivity contribution in [1.82, 2.24) is 17.8 Å². The highest BCUT2D eigenvalue weighted by Gasteiger charge is 2.50. The van der Waals surface area contributed by atoms with Crippen LogP contribution in [0.1, 0.15) is 55.4 Å². The molecular weight excluding hydrogens is 634 g/mol. The Morgan fingerprint density at radius 1 is 0.395 bits per heavy atom. The summed E-state index contributed by atoms with van der Waals surface area (Å²) >= 11 is 19.1. The maximum absolute atomic E-state index is 4.76. The molecule has 5 rings (SSSR count). The molecule has 5 aliphatic rings. The predicted molar refractivity (Wildman–Crippen MR) is 181 cm³/mol. The third-order valence-corrected chi connectivity index (χ3v) is 21.5. The number of hydrogen-bond donors (Lipinski definition) is 0. The fraction of sp³-hybridized carbons (Fsp3) is 0.692. The number of rotatable bonds is 0. The summed E-state index contributed by atoms with van der Waals surface area (Å²) < 4.78 is 12.2. The minimum Gasteiger partial charge on any atom is -0.230 e. The Morgan fingerprint density at radius 2 is 0.553 bits per heavy atom. The Kier molecular flexibility index (Phi) is 13.9. The van der Waals surface area contributed by atoms with Crippen molar-refractivity contribution in [3.05, 3.63) is 44.6 Å². The summed E-state index contributed by atoms with van der Waals surface area (Å²) in [6, 6.07) is 0. The van der Waals surface area contributed by atoms with E-state index in [1.807, 2.05) is 0 Å². The van der Waals surface area contributed by atoms with E-state index in [1.165, 1.54) is 50.8 Å². The van der Waals surface area contributed by atoms with E-state index in [4.69, 9.17) is 46.4 Å². The molecule has 0 spiro atoms. The molecule has 1 fully saturated rings. The first-order chi connectivity index (χ1) is 18.0. The predicted octanol–water partition coefficient (Wildman–Crippen LogP) is 10.7. The largest absolute Gasteiger partial charge is 0.230 e. The van der Waals surface area contributed by atoms with E-state index in [0.29, 0.717) is 0 Å². The van der Waals surface area contributed by atoms with Crippen LogP contribution in [0.15, 0.2) is 44.6 Å². The molecule has 0 aromatic rings. The first-order valence-electron chi connectivity index (χ1n) is 13.0. The van der Waals surface area contributed by atoms with Crippen molar-refractivity contribution in [2.24, 2.45) is 0 Å². The van der Waals surface area contributed by atoms with Gasteiger partial charge in [-0.25, -0.2) is 17.8 Å². The first-order valence-corrected chi connectivity index (χ1v) is 20.9. The molecule has 38 heavy (non-hydrogen) atoms. The Balaban J connectivity index is 0.000000611. The van der Waals surface area contributed by atoms with Crippen molar-refractivity contribution in [1.29, 1.82) is 0 Å². The molecule has 0 N–H and O–H groups in total. The van der Waals surface area contributed by atoms with Crippen LogP contribution in [0.25, 0.3) is 0 Å². The molecule has 1 saturated heterocycles. The van der Waals surface area contributed by atoms with Crippen molar-refractivity contribution < 1.29 is 0 Å². The molecule has 0 radical (unpaired) electrons. The summed E-state index contributed by atoms with van der Waals surface area (Å²) in [6.07, 6.45) is 5.17. The van der Waals surface area contributed by atoms with Crippen LogP contribution >= 0.6 is 79.3 Å². The van der Waals surface area contributed by atoms with Crippen LogP contribution in [0.3, 0.4) is 0 Å². The fourth-order valence-electron chi connectivity index (χ4n) is 5.04. The van der Waals surface area contributed by atoms with E-state index >= 15 is 0 Å². The lowest BCUT2D eigenvalue weighted by molar-refractivity contribution is 0.550. The van der Waals surface area contributed by atoms with Gasteiger partial charge in [0.2, 0.25) is 0 Å². The van der Waals surface area contributed by atoms with Crippen molar-refractivity contribution in [2.45, 2.75) is 55.4 Å². The van der Waals surface area contributed by atoms with Gasteiger partial charge < -0.3 is 0 Å². The second kappa shape index (κ2) is 15.4. The van der Waals surface area contributed by atoms with Gasteiger partial charge >= 0.3 is 0 Å². The number of hydrogen-bond acceptors (Lipinski definition) is 4. The number of nitrogens with zero attached hydrogens (tertiary/aromatic N) is 4. The summed E-state index contributed by atoms with van der Waals surface area (Å²) in [7, 11) is -1.09. The van der Waals surface area contributed by atoms with Crippen LogP contribution in [0.5, 0.6) is 0 Å². The zero-order valence-electron chi connectivity index (χ0n) is 24.2. The van der Waals surface area contributed by atoms with Crippen LogP contribution < -0.4 is 0 Å². The number of alkyl halides is 4. The normalized spacial score (nSPS) is 31.3. The van der Waals surface area contributed by atoms with E-state index in [2.05, 4.69) is 73.2 Å². The minimum absolute atomic E-state index is 0.194. The summed E-state index contributed by atoms with van der Waals surface area (Å²) in [5, 5.41) is 0.389. The number of fused-ring (bicyclic) bond motifs is 8. The summed E-state index contributed by atoms with van der Waals surface area (Å²) in [4.78, 5) is 0. The van der Waals surface area contributed by atoms with Gasteiger partial charge in [-0.15, -0.1) is 46.4 Å². The van der Waals surface area contributed by atoms with Crippen LogP contribution in [0.4, 0.5) is 0 Å². The second-order valence-electron chi connectivity index (χ2n) is 10.7. The Hall–Kier alpha value is 1.68. The quantitative estimate of drug-likeness (QED) is 0.144. The molecule has 4 nitrogen and oxygen atoms in total. The van der Waals surface area contributed by atoms with E-state index < -0.39 is 0 Å². The third kappa shape index (κ3) is 7.60. The summed E-state index contributed by atoms with van der Waals surface area (Å²) in [5.74, 6) is 0. The van der Waals surface area contributed by atoms with Gasteiger partial charge in [-0.2, -0.15) is 0 Å². The molecule has 0 aliphatic carbocycles. The highest BCUT2D eigenvalue weighted by atomic mass is 35.5. The van der Waals surface area contributed by atoms with Crippen LogP contribution in [-0.4, -0.2) is 79.3 Å². The van der Waals surface area contributed by atoms with Crippen LogP contribution in [0.2, 0.25) is 0 Å². The van der Waals surface area contributed by atoms with E-state index in [0.717, 1.165) is 0 Å². The SMILES string of the molecule is CC1=C(C)CP2N(C1)P1CC(C)=C(C)CN1P1CC(C)=C(C)CN1P1CC(C)=C(C)CN21.ClCCl.ClCCl. The highest BCUT2D eigenvalue weighted by Crippen LogP contribution is 2.80. The monoisotopic (exact) mass is 676 g/mol. The van der Waals surface area contributed by atoms with Crippen molar-refractivity contribution >= 4 is 79.3 Å². The Labute approximate surface area is 257 Å². The number of allylic oxidation sites excluding steroid dienone is 4. The molecule has 0 bridgehead atoms. The average molecular weight is 678 g/mol. The summed E-state index contributed by atoms with van der Waals surface area (Å²) in [6.45, 7) is 24.1. The fourth-order valence-corrected chi connectivity index (χ4v) is 21.5. The lowest BCUT2D eigenvalue weighted by Crippen LogP contribution is -2.44. The average Bonchev–Trinajstić information content (AvgIpc) is 2.85. The van der Waals surface area contributed by atoms with Crippen molar-refractivity contribution in [3.8, 4) is 0 Å². The van der Waals surface area contributed by atoms with Gasteiger partial charge in [-0.1, -0.05) is 44.6 Å². The Bertz CT molecular complexity index is 760. The molecule has 12 heteroatoms. The van der Waals surface area contributed by atoms with Gasteiger partial charge in [-0.3, -0.25) is 0 Å². The zero-order valence-corrected chi connectivity index (χ0v) is 30.8. The van der Waals surface area contributed by atoms with Crippen molar-refractivity contribution in [3.63, 3.8) is 0 Å². The van der Waals surface area contributed by atoms with Gasteiger partial charge in [-0.05, 0) is 55.4 Å². The topological polar surface area (TPSA) is 13.0 Å².